The molecule has 0 aliphatic rings. The normalized spacial score (nSPS) is 11.9. The molecule has 0 aromatic heterocycles. The van der Waals surface area contributed by atoms with Crippen molar-refractivity contribution < 1.29 is 19.4 Å². The summed E-state index contributed by atoms with van der Waals surface area (Å²) in [4.78, 5) is 20.5. The van der Waals surface area contributed by atoms with Crippen LogP contribution in [-0.2, 0) is 23.3 Å². The van der Waals surface area contributed by atoms with E-state index in [1.165, 1.54) is 18.4 Å². The number of nitrogens with one attached hydrogen (secondary N) is 1. The highest BCUT2D eigenvalue weighted by atomic mass is 32.2. The van der Waals surface area contributed by atoms with Crippen LogP contribution >= 0.6 is 0 Å². The van der Waals surface area contributed by atoms with E-state index in [4.69, 9.17) is 5.11 Å². The van der Waals surface area contributed by atoms with Gasteiger partial charge in [-0.1, -0.05) is 17.2 Å². The van der Waals surface area contributed by atoms with Gasteiger partial charge >= 0.3 is 6.09 Å². The van der Waals surface area contributed by atoms with Crippen LogP contribution in [0.5, 0.6) is 0 Å². The summed E-state index contributed by atoms with van der Waals surface area (Å²) in [6, 6.07) is 4.32. The topological polar surface area (TPSA) is 116 Å². The smallest absolute Gasteiger partial charge is 0.404 e. The molecular formula is C11H14N2O5S. The van der Waals surface area contributed by atoms with Crippen LogP contribution in [-0.4, -0.2) is 33.5 Å². The minimum absolute atomic E-state index is 0.0598. The van der Waals surface area contributed by atoms with E-state index in [-0.39, 0.29) is 18.0 Å². The average molecular weight is 286 g/mol. The van der Waals surface area contributed by atoms with E-state index in [2.05, 4.69) is 5.32 Å². The van der Waals surface area contributed by atoms with E-state index in [1.54, 1.807) is 6.07 Å². The average Bonchev–Trinajstić information content (AvgIpc) is 2.29. The third-order valence-electron chi connectivity index (χ3n) is 2.43. The van der Waals surface area contributed by atoms with Crippen LogP contribution in [0, 0.1) is 10.1 Å². The zero-order chi connectivity index (χ0) is 14.4. The first-order chi connectivity index (χ1) is 8.90. The molecule has 0 bridgehead atoms. The number of benzene rings is 1. The molecule has 0 saturated carbocycles. The summed E-state index contributed by atoms with van der Waals surface area (Å²) in [6.07, 6.45) is 0.789. The molecule has 0 aliphatic carbocycles. The first kappa shape index (κ1) is 15.3. The molecule has 1 atom stereocenters. The Morgan fingerprint density at radius 1 is 1.47 bits per heavy atom. The summed E-state index contributed by atoms with van der Waals surface area (Å²) in [6.45, 7) is 0.205. The molecule has 19 heavy (non-hydrogen) atoms. The van der Waals surface area contributed by atoms with E-state index in [0.717, 1.165) is 5.56 Å². The van der Waals surface area contributed by atoms with Crippen molar-refractivity contribution in [3.05, 3.63) is 39.4 Å². The Kier molecular flexibility index (Phi) is 5.58. The fraction of sp³-hybridized carbons (Fsp3) is 0.364. The van der Waals surface area contributed by atoms with E-state index in [1.807, 2.05) is 0 Å². The van der Waals surface area contributed by atoms with Gasteiger partial charge in [-0.05, 0) is 12.0 Å². The first-order valence-electron chi connectivity index (χ1n) is 5.43. The maximum Gasteiger partial charge on any atom is 0.404 e. The maximum atomic E-state index is 11.3. The van der Waals surface area contributed by atoms with Crippen molar-refractivity contribution in [1.29, 1.82) is 0 Å². The highest BCUT2D eigenvalue weighted by Crippen LogP contribution is 2.20. The summed E-state index contributed by atoms with van der Waals surface area (Å²) in [5.74, 6) is 0.212. The number of carboxylic acid groups (broad SMARTS) is 1. The van der Waals surface area contributed by atoms with Gasteiger partial charge in [0, 0.05) is 24.2 Å². The van der Waals surface area contributed by atoms with Crippen molar-refractivity contribution in [3.63, 3.8) is 0 Å². The molecule has 1 unspecified atom stereocenters. The molecule has 0 heterocycles. The Bertz CT molecular complexity index is 478. The predicted molar refractivity (Wildman–Crippen MR) is 70.6 cm³/mol. The second kappa shape index (κ2) is 6.95. The second-order valence-electron chi connectivity index (χ2n) is 3.91. The standard InChI is InChI=1S/C11H14N2O5S/c1-19(18)7-9-6-10(13(16)17)3-2-8(9)4-5-12-11(14)15/h2-3,6,12H,4-5,7H2,1H3,(H,14,15). The van der Waals surface area contributed by atoms with Gasteiger partial charge in [0.2, 0.25) is 0 Å². The van der Waals surface area contributed by atoms with E-state index in [0.29, 0.717) is 12.0 Å². The number of carbonyl (C=O) groups is 1. The minimum atomic E-state index is -1.12. The number of hydrogen-bond acceptors (Lipinski definition) is 4. The summed E-state index contributed by atoms with van der Waals surface area (Å²) >= 11 is -1.12. The highest BCUT2D eigenvalue weighted by Gasteiger charge is 2.14. The third kappa shape index (κ3) is 5.14. The molecule has 0 saturated heterocycles. The number of rotatable bonds is 6. The van der Waals surface area contributed by atoms with Crippen molar-refractivity contribution in [3.8, 4) is 0 Å². The lowest BCUT2D eigenvalue weighted by atomic mass is 10.0. The Morgan fingerprint density at radius 2 is 2.16 bits per heavy atom. The SMILES string of the molecule is C[S+]([O-])Cc1cc([N+](=O)[O-])ccc1CCNC(=O)O. The van der Waals surface area contributed by atoms with E-state index in [9.17, 15) is 19.5 Å². The fourth-order valence-corrected chi connectivity index (χ4v) is 2.33. The van der Waals surface area contributed by atoms with Crippen LogP contribution < -0.4 is 5.32 Å². The molecule has 0 fully saturated rings. The van der Waals surface area contributed by atoms with Gasteiger partial charge in [0.05, 0.1) is 11.2 Å². The van der Waals surface area contributed by atoms with Crippen LogP contribution in [0.4, 0.5) is 10.5 Å². The second-order valence-corrected chi connectivity index (χ2v) is 5.34. The number of nitrogens with zero attached hydrogens (tertiary/aromatic N) is 1. The Morgan fingerprint density at radius 3 is 2.68 bits per heavy atom. The van der Waals surface area contributed by atoms with Gasteiger partial charge in [-0.25, -0.2) is 4.79 Å². The molecule has 7 nitrogen and oxygen atoms in total. The third-order valence-corrected chi connectivity index (χ3v) is 3.15. The van der Waals surface area contributed by atoms with Gasteiger partial charge < -0.3 is 15.0 Å². The van der Waals surface area contributed by atoms with Crippen molar-refractivity contribution >= 4 is 23.0 Å². The zero-order valence-electron chi connectivity index (χ0n) is 10.3. The van der Waals surface area contributed by atoms with Gasteiger partial charge in [0.25, 0.3) is 5.69 Å². The van der Waals surface area contributed by atoms with Crippen molar-refractivity contribution in [1.82, 2.24) is 5.32 Å². The van der Waals surface area contributed by atoms with Gasteiger partial charge in [-0.2, -0.15) is 0 Å². The van der Waals surface area contributed by atoms with Crippen molar-refractivity contribution in [2.24, 2.45) is 0 Å². The number of nitro benzene ring substituents is 1. The van der Waals surface area contributed by atoms with Crippen LogP contribution in [0.2, 0.25) is 0 Å². The molecule has 0 radical (unpaired) electrons. The molecule has 104 valence electrons. The predicted octanol–water partition coefficient (Wildman–Crippen LogP) is 1.28. The molecule has 1 rings (SSSR count). The molecule has 1 amide bonds. The molecule has 1 aromatic carbocycles. The lowest BCUT2D eigenvalue weighted by molar-refractivity contribution is -0.384. The molecule has 1 aromatic rings. The van der Waals surface area contributed by atoms with Crippen LogP contribution in [0.1, 0.15) is 11.1 Å². The van der Waals surface area contributed by atoms with Gasteiger partial charge in [-0.3, -0.25) is 10.1 Å². The summed E-state index contributed by atoms with van der Waals surface area (Å²) in [5.41, 5.74) is 1.31. The molecule has 8 heteroatoms. The largest absolute Gasteiger partial charge is 0.616 e. The van der Waals surface area contributed by atoms with E-state index >= 15 is 0 Å². The quantitative estimate of drug-likeness (QED) is 0.464. The summed E-state index contributed by atoms with van der Waals surface area (Å²) in [5, 5.41) is 21.4. The highest BCUT2D eigenvalue weighted by molar-refractivity contribution is 7.89. The zero-order valence-corrected chi connectivity index (χ0v) is 11.1. The summed E-state index contributed by atoms with van der Waals surface area (Å²) in [7, 11) is 0. The fourth-order valence-electron chi connectivity index (χ4n) is 1.63. The van der Waals surface area contributed by atoms with Gasteiger partial charge in [-0.15, -0.1) is 0 Å². The minimum Gasteiger partial charge on any atom is -0.616 e. The monoisotopic (exact) mass is 286 g/mol. The number of amides is 1. The van der Waals surface area contributed by atoms with Crippen molar-refractivity contribution in [2.45, 2.75) is 12.2 Å². The number of non-ortho nitro benzene ring substituents is 1. The lowest BCUT2D eigenvalue weighted by Gasteiger charge is -2.10. The Hall–Kier alpha value is -1.80. The van der Waals surface area contributed by atoms with Gasteiger partial charge in [0.15, 0.2) is 0 Å². The number of nitro groups is 1. The van der Waals surface area contributed by atoms with Crippen LogP contribution in [0.3, 0.4) is 0 Å². The Labute approximate surface area is 113 Å². The lowest BCUT2D eigenvalue weighted by Crippen LogP contribution is -2.23. The Balaban J connectivity index is 2.88. The molecular weight excluding hydrogens is 272 g/mol. The maximum absolute atomic E-state index is 11.3. The van der Waals surface area contributed by atoms with Gasteiger partial charge in [0.1, 0.15) is 5.75 Å². The first-order valence-corrected chi connectivity index (χ1v) is 7.16. The van der Waals surface area contributed by atoms with Crippen LogP contribution in [0.25, 0.3) is 0 Å². The van der Waals surface area contributed by atoms with Crippen LogP contribution in [0.15, 0.2) is 18.2 Å². The number of hydrogen-bond donors (Lipinski definition) is 2. The molecule has 0 aliphatic heterocycles. The van der Waals surface area contributed by atoms with Crippen molar-refractivity contribution in [2.75, 3.05) is 12.8 Å². The molecule has 0 spiro atoms. The summed E-state index contributed by atoms with van der Waals surface area (Å²) < 4.78 is 11.3. The molecule has 2 N–H and O–H groups in total. The van der Waals surface area contributed by atoms with E-state index < -0.39 is 22.2 Å².